The van der Waals surface area contributed by atoms with Crippen LogP contribution in [0, 0.1) is 5.92 Å². The number of hydrogen-bond donors (Lipinski definition) is 4. The second kappa shape index (κ2) is 10.5. The Kier molecular flexibility index (Phi) is 9.93. The standard InChI is InChI=1S/C14H21N3O3.2ClH/c1-20-13-5-3-2-4-11(13)16-9-14(19)17-7-10-6-15-8-12(10)18;;/h2-5,10,12,15-16,18H,6-9H2,1H3,(H,17,19);2*1H. The topological polar surface area (TPSA) is 82.6 Å². The lowest BCUT2D eigenvalue weighted by molar-refractivity contribution is -0.119. The summed E-state index contributed by atoms with van der Waals surface area (Å²) in [5.74, 6) is 0.691. The van der Waals surface area contributed by atoms with E-state index in [-0.39, 0.29) is 49.3 Å². The van der Waals surface area contributed by atoms with E-state index < -0.39 is 0 Å². The van der Waals surface area contributed by atoms with Crippen molar-refractivity contribution in [3.8, 4) is 5.75 Å². The Labute approximate surface area is 142 Å². The molecule has 1 aromatic carbocycles. The molecule has 0 saturated carbocycles. The highest BCUT2D eigenvalue weighted by Gasteiger charge is 2.24. The quantitative estimate of drug-likeness (QED) is 0.604. The second-order valence-corrected chi connectivity index (χ2v) is 4.84. The van der Waals surface area contributed by atoms with Crippen molar-refractivity contribution in [3.05, 3.63) is 24.3 Å². The maximum atomic E-state index is 11.8. The van der Waals surface area contributed by atoms with Gasteiger partial charge in [-0.3, -0.25) is 4.79 Å². The van der Waals surface area contributed by atoms with Crippen molar-refractivity contribution < 1.29 is 14.6 Å². The number of nitrogens with one attached hydrogen (secondary N) is 3. The lowest BCUT2D eigenvalue weighted by Crippen LogP contribution is -2.37. The van der Waals surface area contributed by atoms with E-state index in [1.54, 1.807) is 7.11 Å². The minimum Gasteiger partial charge on any atom is -0.495 e. The van der Waals surface area contributed by atoms with Crippen LogP contribution in [-0.4, -0.2) is 50.4 Å². The first-order valence-electron chi connectivity index (χ1n) is 6.73. The van der Waals surface area contributed by atoms with Gasteiger partial charge in [-0.15, -0.1) is 24.8 Å². The molecule has 4 N–H and O–H groups in total. The third-order valence-corrected chi connectivity index (χ3v) is 3.41. The first-order chi connectivity index (χ1) is 9.70. The Balaban J connectivity index is 0.00000220. The van der Waals surface area contributed by atoms with Crippen LogP contribution in [0.5, 0.6) is 5.75 Å². The van der Waals surface area contributed by atoms with Gasteiger partial charge in [0.1, 0.15) is 5.75 Å². The first-order valence-corrected chi connectivity index (χ1v) is 6.73. The fourth-order valence-corrected chi connectivity index (χ4v) is 2.20. The van der Waals surface area contributed by atoms with Crippen molar-refractivity contribution in [2.75, 3.05) is 38.6 Å². The van der Waals surface area contributed by atoms with Crippen molar-refractivity contribution in [1.29, 1.82) is 0 Å². The van der Waals surface area contributed by atoms with Gasteiger partial charge >= 0.3 is 0 Å². The minimum atomic E-state index is -0.377. The molecular weight excluding hydrogens is 329 g/mol. The van der Waals surface area contributed by atoms with Crippen LogP contribution in [0.1, 0.15) is 0 Å². The fourth-order valence-electron chi connectivity index (χ4n) is 2.20. The van der Waals surface area contributed by atoms with E-state index in [0.29, 0.717) is 18.8 Å². The van der Waals surface area contributed by atoms with Crippen LogP contribution in [0.3, 0.4) is 0 Å². The van der Waals surface area contributed by atoms with Crippen LogP contribution < -0.4 is 20.7 Å². The number of para-hydroxylation sites is 2. The number of anilines is 1. The Morgan fingerprint density at radius 3 is 2.73 bits per heavy atom. The number of β-amino-alcohol motifs (C(OH)–C–C–N with tert-alkyl or cyclic N) is 1. The summed E-state index contributed by atoms with van der Waals surface area (Å²) in [6, 6.07) is 7.44. The molecule has 1 amide bonds. The third-order valence-electron chi connectivity index (χ3n) is 3.41. The number of benzene rings is 1. The number of halogens is 2. The van der Waals surface area contributed by atoms with Crippen LogP contribution in [0.25, 0.3) is 0 Å². The monoisotopic (exact) mass is 351 g/mol. The maximum absolute atomic E-state index is 11.8. The molecule has 126 valence electrons. The Morgan fingerprint density at radius 2 is 2.09 bits per heavy atom. The smallest absolute Gasteiger partial charge is 0.239 e. The predicted molar refractivity (Wildman–Crippen MR) is 91.4 cm³/mol. The number of aliphatic hydroxyl groups is 1. The fraction of sp³-hybridized carbons (Fsp3) is 0.500. The average Bonchev–Trinajstić information content (AvgIpc) is 2.88. The number of ether oxygens (including phenoxy) is 1. The molecule has 8 heteroatoms. The molecule has 0 aromatic heterocycles. The van der Waals surface area contributed by atoms with Gasteiger partial charge in [-0.1, -0.05) is 12.1 Å². The summed E-state index contributed by atoms with van der Waals surface area (Å²) in [7, 11) is 1.59. The van der Waals surface area contributed by atoms with Gasteiger partial charge in [0.05, 0.1) is 25.4 Å². The molecule has 1 heterocycles. The third kappa shape index (κ3) is 5.88. The molecule has 1 saturated heterocycles. The molecule has 0 aliphatic carbocycles. The lowest BCUT2D eigenvalue weighted by atomic mass is 10.1. The molecule has 22 heavy (non-hydrogen) atoms. The molecule has 2 atom stereocenters. The lowest BCUT2D eigenvalue weighted by Gasteiger charge is -2.15. The van der Waals surface area contributed by atoms with Gasteiger partial charge in [-0.25, -0.2) is 0 Å². The van der Waals surface area contributed by atoms with E-state index in [1.807, 2.05) is 24.3 Å². The highest BCUT2D eigenvalue weighted by atomic mass is 35.5. The summed E-state index contributed by atoms with van der Waals surface area (Å²) in [6.07, 6.45) is -0.377. The van der Waals surface area contributed by atoms with Crippen molar-refractivity contribution in [2.45, 2.75) is 6.10 Å². The highest BCUT2D eigenvalue weighted by molar-refractivity contribution is 5.85. The molecule has 2 rings (SSSR count). The average molecular weight is 352 g/mol. The molecule has 0 spiro atoms. The van der Waals surface area contributed by atoms with Crippen LogP contribution >= 0.6 is 24.8 Å². The van der Waals surface area contributed by atoms with E-state index in [9.17, 15) is 9.90 Å². The van der Waals surface area contributed by atoms with Crippen LogP contribution in [0.4, 0.5) is 5.69 Å². The summed E-state index contributed by atoms with van der Waals surface area (Å²) in [4.78, 5) is 11.8. The first kappa shape index (κ1) is 20.8. The minimum absolute atomic E-state index is 0. The van der Waals surface area contributed by atoms with Crippen molar-refractivity contribution >= 4 is 36.4 Å². The van der Waals surface area contributed by atoms with E-state index in [1.165, 1.54) is 0 Å². The number of hydrogen-bond acceptors (Lipinski definition) is 5. The van der Waals surface area contributed by atoms with E-state index in [0.717, 1.165) is 12.2 Å². The summed E-state index contributed by atoms with van der Waals surface area (Å²) in [5.41, 5.74) is 0.785. The maximum Gasteiger partial charge on any atom is 0.239 e. The number of rotatable bonds is 6. The van der Waals surface area contributed by atoms with Gasteiger partial charge in [0, 0.05) is 25.6 Å². The molecular formula is C14H23Cl2N3O3. The largest absolute Gasteiger partial charge is 0.495 e. The van der Waals surface area contributed by atoms with E-state index >= 15 is 0 Å². The molecule has 6 nitrogen and oxygen atoms in total. The summed E-state index contributed by atoms with van der Waals surface area (Å²) >= 11 is 0. The number of amides is 1. The number of aliphatic hydroxyl groups excluding tert-OH is 1. The van der Waals surface area contributed by atoms with Crippen LogP contribution in [0.2, 0.25) is 0 Å². The van der Waals surface area contributed by atoms with E-state index in [2.05, 4.69) is 16.0 Å². The predicted octanol–water partition coefficient (Wildman–Crippen LogP) is 0.647. The van der Waals surface area contributed by atoms with Crippen LogP contribution in [-0.2, 0) is 4.79 Å². The zero-order valence-corrected chi connectivity index (χ0v) is 14.0. The molecule has 0 radical (unpaired) electrons. The zero-order valence-electron chi connectivity index (χ0n) is 12.4. The van der Waals surface area contributed by atoms with Gasteiger partial charge in [0.25, 0.3) is 0 Å². The van der Waals surface area contributed by atoms with Gasteiger partial charge in [-0.2, -0.15) is 0 Å². The summed E-state index contributed by atoms with van der Waals surface area (Å²) in [5, 5.41) is 18.6. The van der Waals surface area contributed by atoms with E-state index in [4.69, 9.17) is 4.74 Å². The summed E-state index contributed by atoms with van der Waals surface area (Å²) < 4.78 is 5.20. The van der Waals surface area contributed by atoms with Crippen molar-refractivity contribution in [1.82, 2.24) is 10.6 Å². The number of carbonyl (C=O) groups is 1. The molecule has 1 aromatic rings. The van der Waals surface area contributed by atoms with Crippen LogP contribution in [0.15, 0.2) is 24.3 Å². The summed E-state index contributed by atoms with van der Waals surface area (Å²) in [6.45, 7) is 2.00. The van der Waals surface area contributed by atoms with Gasteiger partial charge in [-0.05, 0) is 12.1 Å². The Bertz CT molecular complexity index is 463. The Morgan fingerprint density at radius 1 is 1.36 bits per heavy atom. The van der Waals surface area contributed by atoms with Gasteiger partial charge < -0.3 is 25.8 Å². The van der Waals surface area contributed by atoms with Crippen molar-refractivity contribution in [2.24, 2.45) is 5.92 Å². The number of methoxy groups -OCH3 is 1. The molecule has 0 bridgehead atoms. The Hall–Kier alpha value is -1.21. The van der Waals surface area contributed by atoms with Gasteiger partial charge in [0.15, 0.2) is 0 Å². The normalized spacial score (nSPS) is 19.5. The highest BCUT2D eigenvalue weighted by Crippen LogP contribution is 2.22. The number of carbonyl (C=O) groups excluding carboxylic acids is 1. The van der Waals surface area contributed by atoms with Crippen molar-refractivity contribution in [3.63, 3.8) is 0 Å². The second-order valence-electron chi connectivity index (χ2n) is 4.84. The molecule has 1 aliphatic rings. The molecule has 2 unspecified atom stereocenters. The molecule has 1 aliphatic heterocycles. The van der Waals surface area contributed by atoms with Gasteiger partial charge in [0.2, 0.25) is 5.91 Å². The SMILES string of the molecule is COc1ccccc1NCC(=O)NCC1CNCC1O.Cl.Cl. The zero-order chi connectivity index (χ0) is 14.4. The molecule has 1 fully saturated rings.